The van der Waals surface area contributed by atoms with Crippen molar-refractivity contribution >= 4 is 6.21 Å². The van der Waals surface area contributed by atoms with Gasteiger partial charge in [-0.1, -0.05) is 12.8 Å². The fourth-order valence-electron chi connectivity index (χ4n) is 0.422. The average molecular weight is 123 g/mol. The minimum atomic E-state index is 0.802. The van der Waals surface area contributed by atoms with Gasteiger partial charge in [0.1, 0.15) is 0 Å². The van der Waals surface area contributed by atoms with Crippen LogP contribution in [0.15, 0.2) is 4.99 Å². The Morgan fingerprint density at radius 3 is 2.78 bits per heavy atom. The van der Waals surface area contributed by atoms with Gasteiger partial charge in [0.05, 0.1) is 0 Å². The molecule has 0 aliphatic heterocycles. The minimum absolute atomic E-state index is 0.802. The van der Waals surface area contributed by atoms with Crippen molar-refractivity contribution in [1.82, 2.24) is 0 Å². The van der Waals surface area contributed by atoms with E-state index >= 15 is 0 Å². The van der Waals surface area contributed by atoms with Crippen molar-refractivity contribution in [2.75, 3.05) is 7.05 Å². The van der Waals surface area contributed by atoms with Crippen molar-refractivity contribution in [1.29, 1.82) is 0 Å². The highest BCUT2D eigenvalue weighted by Crippen LogP contribution is 1.81. The highest BCUT2D eigenvalue weighted by Gasteiger charge is 1.68. The molecule has 0 saturated heterocycles. The Morgan fingerprint density at radius 1 is 1.44 bits per heavy atom. The molecule has 0 heterocycles. The van der Waals surface area contributed by atoms with Gasteiger partial charge in [0, 0.05) is 26.1 Å². The molecule has 0 aromatic carbocycles. The average Bonchev–Trinajstić information content (AvgIpc) is 1.89. The van der Waals surface area contributed by atoms with E-state index < -0.39 is 0 Å². The van der Waals surface area contributed by atoms with Gasteiger partial charge in [0.15, 0.2) is 0 Å². The molecule has 0 radical (unpaired) electrons. The molecular formula is C8H13N. The van der Waals surface area contributed by atoms with Crippen LogP contribution in [0, 0.1) is 11.8 Å². The molecule has 1 heteroatoms. The van der Waals surface area contributed by atoms with Gasteiger partial charge < -0.3 is 0 Å². The lowest BCUT2D eigenvalue weighted by molar-refractivity contribution is 0.982. The van der Waals surface area contributed by atoms with E-state index in [4.69, 9.17) is 0 Å². The first kappa shape index (κ1) is 8.23. The molecule has 50 valence electrons. The van der Waals surface area contributed by atoms with Crippen LogP contribution < -0.4 is 0 Å². The quantitative estimate of drug-likeness (QED) is 0.392. The lowest BCUT2D eigenvalue weighted by Gasteiger charge is -1.76. The second-order valence-electron chi connectivity index (χ2n) is 1.75. The van der Waals surface area contributed by atoms with Crippen LogP contribution in [0.2, 0.25) is 0 Å². The third kappa shape index (κ3) is 7.23. The van der Waals surface area contributed by atoms with Gasteiger partial charge in [-0.2, -0.15) is 0 Å². The first-order chi connectivity index (χ1) is 4.41. The van der Waals surface area contributed by atoms with Crippen molar-refractivity contribution in [3.05, 3.63) is 0 Å². The molecule has 0 spiro atoms. The fraction of sp³-hybridized carbons (Fsp3) is 0.625. The largest absolute Gasteiger partial charge is 0.300 e. The van der Waals surface area contributed by atoms with Crippen LogP contribution in [0.4, 0.5) is 0 Å². The topological polar surface area (TPSA) is 12.4 Å². The molecule has 0 amide bonds. The van der Waals surface area contributed by atoms with Gasteiger partial charge in [-0.15, -0.1) is 5.92 Å². The van der Waals surface area contributed by atoms with E-state index in [0.717, 1.165) is 19.3 Å². The molecule has 0 aliphatic carbocycles. The molecule has 0 aromatic rings. The number of rotatable bonds is 2. The number of nitrogens with zero attached hydrogens (tertiary/aromatic N) is 1. The SMILES string of the molecule is CCCC#CCC=NC. The zero-order chi connectivity index (χ0) is 6.95. The fourth-order valence-corrected chi connectivity index (χ4v) is 0.422. The lowest BCUT2D eigenvalue weighted by atomic mass is 10.3. The van der Waals surface area contributed by atoms with Gasteiger partial charge in [-0.3, -0.25) is 4.99 Å². The van der Waals surface area contributed by atoms with E-state index in [1.165, 1.54) is 0 Å². The second-order valence-corrected chi connectivity index (χ2v) is 1.75. The third-order valence-electron chi connectivity index (χ3n) is 0.876. The molecule has 0 saturated carbocycles. The molecule has 0 bridgehead atoms. The predicted octanol–water partition coefficient (Wildman–Crippen LogP) is 1.88. The maximum atomic E-state index is 3.81. The zero-order valence-electron chi connectivity index (χ0n) is 6.15. The third-order valence-corrected chi connectivity index (χ3v) is 0.876. The molecule has 0 atom stereocenters. The number of hydrogen-bond acceptors (Lipinski definition) is 1. The van der Waals surface area contributed by atoms with Crippen molar-refractivity contribution in [3.63, 3.8) is 0 Å². The van der Waals surface area contributed by atoms with E-state index in [2.05, 4.69) is 23.8 Å². The summed E-state index contributed by atoms with van der Waals surface area (Å²) < 4.78 is 0. The van der Waals surface area contributed by atoms with Gasteiger partial charge >= 0.3 is 0 Å². The molecule has 1 nitrogen and oxygen atoms in total. The Kier molecular flexibility index (Phi) is 6.61. The first-order valence-electron chi connectivity index (χ1n) is 3.28. The van der Waals surface area contributed by atoms with E-state index in [9.17, 15) is 0 Å². The highest BCUT2D eigenvalue weighted by molar-refractivity contribution is 5.60. The molecule has 9 heavy (non-hydrogen) atoms. The Balaban J connectivity index is 3.16. The highest BCUT2D eigenvalue weighted by atomic mass is 14.6. The van der Waals surface area contributed by atoms with Gasteiger partial charge in [-0.05, 0) is 6.42 Å². The van der Waals surface area contributed by atoms with Crippen LogP contribution in [0.3, 0.4) is 0 Å². The Bertz CT molecular complexity index is 125. The summed E-state index contributed by atoms with van der Waals surface area (Å²) in [6.45, 7) is 2.13. The van der Waals surface area contributed by atoms with E-state index in [1.807, 2.05) is 6.21 Å². The monoisotopic (exact) mass is 123 g/mol. The molecule has 0 aliphatic rings. The van der Waals surface area contributed by atoms with Crippen molar-refractivity contribution in [3.8, 4) is 11.8 Å². The van der Waals surface area contributed by atoms with Crippen LogP contribution in [0.1, 0.15) is 26.2 Å². The molecule has 0 rings (SSSR count). The number of aliphatic imine (C=N–C) groups is 1. The zero-order valence-corrected chi connectivity index (χ0v) is 6.15. The first-order valence-corrected chi connectivity index (χ1v) is 3.28. The van der Waals surface area contributed by atoms with Crippen LogP contribution in [-0.4, -0.2) is 13.3 Å². The summed E-state index contributed by atoms with van der Waals surface area (Å²) >= 11 is 0. The predicted molar refractivity (Wildman–Crippen MR) is 41.7 cm³/mol. The van der Waals surface area contributed by atoms with Crippen LogP contribution in [-0.2, 0) is 0 Å². The van der Waals surface area contributed by atoms with Crippen LogP contribution >= 0.6 is 0 Å². The van der Waals surface area contributed by atoms with Crippen LogP contribution in [0.25, 0.3) is 0 Å². The van der Waals surface area contributed by atoms with Crippen molar-refractivity contribution in [2.24, 2.45) is 4.99 Å². The second kappa shape index (κ2) is 7.23. The smallest absolute Gasteiger partial charge is 0.0439 e. The molecular weight excluding hydrogens is 110 g/mol. The van der Waals surface area contributed by atoms with E-state index in [0.29, 0.717) is 0 Å². The maximum absolute atomic E-state index is 3.81. The standard InChI is InChI=1S/C8H13N/c1-3-4-5-6-7-8-9-2/h8H,3-4,7H2,1-2H3. The normalized spacial score (nSPS) is 9.11. The summed E-state index contributed by atoms with van der Waals surface area (Å²) in [7, 11) is 1.77. The van der Waals surface area contributed by atoms with Gasteiger partial charge in [-0.25, -0.2) is 0 Å². The summed E-state index contributed by atoms with van der Waals surface area (Å²) in [5, 5.41) is 0. The maximum Gasteiger partial charge on any atom is 0.0439 e. The van der Waals surface area contributed by atoms with E-state index in [1.54, 1.807) is 7.05 Å². The molecule has 0 unspecified atom stereocenters. The summed E-state index contributed by atoms with van der Waals surface area (Å²) in [6, 6.07) is 0. The van der Waals surface area contributed by atoms with Crippen LogP contribution in [0.5, 0.6) is 0 Å². The Labute approximate surface area is 57.2 Å². The molecule has 0 fully saturated rings. The summed E-state index contributed by atoms with van der Waals surface area (Å²) in [5.74, 6) is 6.02. The Morgan fingerprint density at radius 2 is 2.22 bits per heavy atom. The van der Waals surface area contributed by atoms with Gasteiger partial charge in [0.2, 0.25) is 0 Å². The summed E-state index contributed by atoms with van der Waals surface area (Å²) in [6.07, 6.45) is 4.78. The summed E-state index contributed by atoms with van der Waals surface area (Å²) in [4.78, 5) is 3.81. The van der Waals surface area contributed by atoms with Gasteiger partial charge in [0.25, 0.3) is 0 Å². The molecule has 0 N–H and O–H groups in total. The number of unbranched alkanes of at least 4 members (excludes halogenated alkanes) is 1. The summed E-state index contributed by atoms with van der Waals surface area (Å²) in [5.41, 5.74) is 0. The molecule has 0 aromatic heterocycles. The van der Waals surface area contributed by atoms with Crippen molar-refractivity contribution in [2.45, 2.75) is 26.2 Å². The minimum Gasteiger partial charge on any atom is -0.300 e. The number of hydrogen-bond donors (Lipinski definition) is 0. The lowest BCUT2D eigenvalue weighted by Crippen LogP contribution is -1.68. The van der Waals surface area contributed by atoms with Crippen molar-refractivity contribution < 1.29 is 0 Å². The van der Waals surface area contributed by atoms with E-state index in [-0.39, 0.29) is 0 Å². The Hall–Kier alpha value is -0.770.